The number of fused-ring (bicyclic) bond motifs is 2. The summed E-state index contributed by atoms with van der Waals surface area (Å²) in [4.78, 5) is 17.2. The van der Waals surface area contributed by atoms with E-state index >= 15 is 0 Å². The molecule has 0 aliphatic rings. The molecular formula is C24H24N2O3S. The van der Waals surface area contributed by atoms with Gasteiger partial charge in [0.1, 0.15) is 11.3 Å². The Balaban J connectivity index is 1.67. The first-order chi connectivity index (χ1) is 14.4. The third-order valence-corrected chi connectivity index (χ3v) is 6.01. The largest absolute Gasteiger partial charge is 0.493 e. The number of aryl methyl sites for hydroxylation is 3. The van der Waals surface area contributed by atoms with E-state index in [-0.39, 0.29) is 5.91 Å². The summed E-state index contributed by atoms with van der Waals surface area (Å²) < 4.78 is 12.7. The lowest BCUT2D eigenvalue weighted by Crippen LogP contribution is -2.09. The fourth-order valence-corrected chi connectivity index (χ4v) is 4.44. The molecule has 0 fully saturated rings. The van der Waals surface area contributed by atoms with Crippen LogP contribution >= 0.6 is 11.3 Å². The van der Waals surface area contributed by atoms with E-state index in [0.29, 0.717) is 6.61 Å². The quantitative estimate of drug-likeness (QED) is 0.379. The van der Waals surface area contributed by atoms with E-state index in [1.807, 2.05) is 58.9 Å². The van der Waals surface area contributed by atoms with E-state index in [1.54, 1.807) is 23.7 Å². The molecule has 0 radical (unpaired) electrons. The summed E-state index contributed by atoms with van der Waals surface area (Å²) in [6.07, 6.45) is 3.36. The highest BCUT2D eigenvalue weighted by Crippen LogP contribution is 2.37. The topological polar surface area (TPSA) is 64.4 Å². The Bertz CT molecular complexity index is 1300. The van der Waals surface area contributed by atoms with E-state index in [2.05, 4.69) is 10.3 Å². The minimum absolute atomic E-state index is 0.192. The second kappa shape index (κ2) is 7.95. The molecule has 0 aliphatic heterocycles. The smallest absolute Gasteiger partial charge is 0.248 e. The molecular weight excluding hydrogens is 396 g/mol. The van der Waals surface area contributed by atoms with Crippen molar-refractivity contribution < 1.29 is 13.9 Å². The van der Waals surface area contributed by atoms with Gasteiger partial charge in [0.25, 0.3) is 0 Å². The number of nitrogens with zero attached hydrogens (tertiary/aromatic N) is 1. The maximum absolute atomic E-state index is 12.7. The molecule has 0 unspecified atom stereocenters. The number of aromatic nitrogens is 1. The average molecular weight is 421 g/mol. The number of furan rings is 1. The first-order valence-corrected chi connectivity index (χ1v) is 10.7. The fourth-order valence-electron chi connectivity index (χ4n) is 3.63. The molecule has 0 saturated heterocycles. The van der Waals surface area contributed by atoms with Crippen LogP contribution in [0.25, 0.3) is 26.8 Å². The van der Waals surface area contributed by atoms with Crippen LogP contribution in [0.3, 0.4) is 0 Å². The van der Waals surface area contributed by atoms with Crippen LogP contribution in [-0.2, 0) is 4.79 Å². The van der Waals surface area contributed by atoms with Gasteiger partial charge >= 0.3 is 0 Å². The number of ether oxygens (including phenoxy) is 1. The first kappa shape index (κ1) is 20.2. The summed E-state index contributed by atoms with van der Waals surface area (Å²) in [6, 6.07) is 7.82. The molecule has 4 rings (SSSR count). The number of allylic oxidation sites excluding steroid dienone is 1. The van der Waals surface area contributed by atoms with Gasteiger partial charge in [-0.25, -0.2) is 4.98 Å². The monoisotopic (exact) mass is 420 g/mol. The first-order valence-electron chi connectivity index (χ1n) is 9.88. The third kappa shape index (κ3) is 3.71. The molecule has 2 aromatic heterocycles. The van der Waals surface area contributed by atoms with Crippen molar-refractivity contribution in [2.75, 3.05) is 11.9 Å². The predicted molar refractivity (Wildman–Crippen MR) is 123 cm³/mol. The van der Waals surface area contributed by atoms with E-state index in [4.69, 9.17) is 9.15 Å². The summed E-state index contributed by atoms with van der Waals surface area (Å²) in [6.45, 7) is 10.4. The van der Waals surface area contributed by atoms with E-state index in [9.17, 15) is 4.79 Å². The molecule has 30 heavy (non-hydrogen) atoms. The Kier molecular flexibility index (Phi) is 5.35. The molecule has 0 aliphatic carbocycles. The number of benzene rings is 2. The third-order valence-electron chi connectivity index (χ3n) is 5.06. The molecule has 2 aromatic carbocycles. The summed E-state index contributed by atoms with van der Waals surface area (Å²) in [5.74, 6) is 0.559. The van der Waals surface area contributed by atoms with Crippen molar-refractivity contribution in [3.05, 3.63) is 58.3 Å². The molecule has 1 amide bonds. The number of anilines is 1. The van der Waals surface area contributed by atoms with Gasteiger partial charge in [0.05, 0.1) is 28.1 Å². The van der Waals surface area contributed by atoms with Crippen LogP contribution in [0.15, 0.2) is 41.0 Å². The molecule has 2 heterocycles. The molecule has 0 atom stereocenters. The van der Waals surface area contributed by atoms with Gasteiger partial charge in [0.2, 0.25) is 5.91 Å². The Morgan fingerprint density at radius 3 is 2.83 bits per heavy atom. The lowest BCUT2D eigenvalue weighted by atomic mass is 9.98. The van der Waals surface area contributed by atoms with Crippen LogP contribution in [0.2, 0.25) is 0 Å². The van der Waals surface area contributed by atoms with Crippen LogP contribution in [0.4, 0.5) is 5.69 Å². The molecule has 154 valence electrons. The predicted octanol–water partition coefficient (Wildman–Crippen LogP) is 6.41. The summed E-state index contributed by atoms with van der Waals surface area (Å²) >= 11 is 1.64. The summed E-state index contributed by atoms with van der Waals surface area (Å²) in [7, 11) is 0. The molecule has 5 nitrogen and oxygen atoms in total. The molecule has 4 aromatic rings. The van der Waals surface area contributed by atoms with Gasteiger partial charge in [-0.1, -0.05) is 0 Å². The minimum atomic E-state index is -0.192. The number of carbonyl (C=O) groups excluding carboxylic acids is 1. The van der Waals surface area contributed by atoms with Crippen LogP contribution in [-0.4, -0.2) is 17.5 Å². The van der Waals surface area contributed by atoms with Gasteiger partial charge in [-0.05, 0) is 70.0 Å². The van der Waals surface area contributed by atoms with Crippen molar-refractivity contribution in [2.45, 2.75) is 34.6 Å². The maximum Gasteiger partial charge on any atom is 0.248 e. The van der Waals surface area contributed by atoms with Gasteiger partial charge in [-0.2, -0.15) is 0 Å². The Morgan fingerprint density at radius 2 is 2.07 bits per heavy atom. The zero-order valence-corrected chi connectivity index (χ0v) is 18.6. The SMILES string of the molecule is CCOc1c(/C(C)=C/C(=O)Nc2ccc3sc(C)nc3c2)cc2c(C)coc2c1C. The Hall–Kier alpha value is -3.12. The van der Waals surface area contributed by atoms with Crippen LogP contribution in [0.1, 0.15) is 35.5 Å². The number of carbonyl (C=O) groups is 1. The zero-order chi connectivity index (χ0) is 21.4. The van der Waals surface area contributed by atoms with Gasteiger partial charge in [-0.15, -0.1) is 11.3 Å². The number of nitrogens with one attached hydrogen (secondary N) is 1. The molecule has 0 spiro atoms. The van der Waals surface area contributed by atoms with Gasteiger partial charge in [0.15, 0.2) is 0 Å². The highest BCUT2D eigenvalue weighted by atomic mass is 32.1. The Labute approximate surface area is 179 Å². The number of thiazole rings is 1. The zero-order valence-electron chi connectivity index (χ0n) is 17.8. The number of hydrogen-bond donors (Lipinski definition) is 1. The second-order valence-corrected chi connectivity index (χ2v) is 8.57. The summed E-state index contributed by atoms with van der Waals surface area (Å²) in [5.41, 5.74) is 6.16. The van der Waals surface area contributed by atoms with Crippen molar-refractivity contribution in [1.82, 2.24) is 4.98 Å². The number of amides is 1. The molecule has 1 N–H and O–H groups in total. The molecule has 6 heteroatoms. The van der Waals surface area contributed by atoms with Crippen molar-refractivity contribution >= 4 is 49.7 Å². The van der Waals surface area contributed by atoms with Crippen molar-refractivity contribution in [3.63, 3.8) is 0 Å². The van der Waals surface area contributed by atoms with Crippen LogP contribution in [0.5, 0.6) is 5.75 Å². The lowest BCUT2D eigenvalue weighted by Gasteiger charge is -2.14. The highest BCUT2D eigenvalue weighted by molar-refractivity contribution is 7.18. The number of rotatable bonds is 5. The van der Waals surface area contributed by atoms with E-state index in [1.165, 1.54) is 0 Å². The highest BCUT2D eigenvalue weighted by Gasteiger charge is 2.17. The van der Waals surface area contributed by atoms with E-state index in [0.717, 1.165) is 59.9 Å². The van der Waals surface area contributed by atoms with Crippen molar-refractivity contribution in [2.24, 2.45) is 0 Å². The van der Waals surface area contributed by atoms with E-state index < -0.39 is 0 Å². The standard InChI is InChI=1S/C24H24N2O3S/c1-6-28-23-15(4)24-19(14(3)12-29-24)11-18(23)13(2)9-22(27)26-17-7-8-21-20(10-17)25-16(5)30-21/h7-12H,6H2,1-5H3,(H,26,27)/b13-9+. The minimum Gasteiger partial charge on any atom is -0.493 e. The maximum atomic E-state index is 12.7. The number of hydrogen-bond acceptors (Lipinski definition) is 5. The fraction of sp³-hybridized carbons (Fsp3) is 0.250. The van der Waals surface area contributed by atoms with Crippen molar-refractivity contribution in [3.8, 4) is 5.75 Å². The van der Waals surface area contributed by atoms with Crippen LogP contribution in [0, 0.1) is 20.8 Å². The van der Waals surface area contributed by atoms with Gasteiger partial charge < -0.3 is 14.5 Å². The molecule has 0 saturated carbocycles. The second-order valence-electron chi connectivity index (χ2n) is 7.34. The van der Waals surface area contributed by atoms with Gasteiger partial charge in [0, 0.05) is 28.3 Å². The molecule has 0 bridgehead atoms. The van der Waals surface area contributed by atoms with Crippen LogP contribution < -0.4 is 10.1 Å². The average Bonchev–Trinajstić information content (AvgIpc) is 3.25. The summed E-state index contributed by atoms with van der Waals surface area (Å²) in [5, 5.41) is 4.98. The van der Waals surface area contributed by atoms with Crippen molar-refractivity contribution in [1.29, 1.82) is 0 Å². The lowest BCUT2D eigenvalue weighted by molar-refractivity contribution is -0.111. The Morgan fingerprint density at radius 1 is 1.27 bits per heavy atom. The normalized spacial score (nSPS) is 12.0. The van der Waals surface area contributed by atoms with Gasteiger partial charge in [-0.3, -0.25) is 4.79 Å².